The second-order valence-electron chi connectivity index (χ2n) is 3.85. The molecule has 0 radical (unpaired) electrons. The van der Waals surface area contributed by atoms with Crippen LogP contribution in [0.1, 0.15) is 11.1 Å². The van der Waals surface area contributed by atoms with E-state index in [4.69, 9.17) is 5.11 Å². The number of fused-ring (bicyclic) bond motifs is 1. The first-order valence-corrected chi connectivity index (χ1v) is 4.86. The lowest BCUT2D eigenvalue weighted by atomic mass is 10.1. The maximum atomic E-state index is 10.7. The summed E-state index contributed by atoms with van der Waals surface area (Å²) in [6, 6.07) is 6.10. The number of nitrogens with zero attached hydrogens (tertiary/aromatic N) is 1. The average Bonchev–Trinajstić information content (AvgIpc) is 2.42. The average molecular weight is 203 g/mol. The first-order valence-electron chi connectivity index (χ1n) is 4.86. The molecule has 0 saturated heterocycles. The maximum Gasteiger partial charge on any atom is 0.323 e. The third-order valence-electron chi connectivity index (χ3n) is 2.54. The predicted octanol–water partition coefficient (Wildman–Crippen LogP) is 2.34. The largest absolute Gasteiger partial charge is 0.480 e. The minimum absolute atomic E-state index is 0.0216. The summed E-state index contributed by atoms with van der Waals surface area (Å²) >= 11 is 0. The molecule has 0 spiro atoms. The van der Waals surface area contributed by atoms with Gasteiger partial charge in [0, 0.05) is 17.1 Å². The first kappa shape index (κ1) is 9.77. The molecule has 0 atom stereocenters. The Bertz CT molecular complexity index is 526. The van der Waals surface area contributed by atoms with Gasteiger partial charge in [-0.1, -0.05) is 12.1 Å². The van der Waals surface area contributed by atoms with E-state index in [1.807, 2.05) is 38.2 Å². The van der Waals surface area contributed by atoms with E-state index >= 15 is 0 Å². The third kappa shape index (κ3) is 1.73. The summed E-state index contributed by atoms with van der Waals surface area (Å²) in [5.74, 6) is -0.812. The van der Waals surface area contributed by atoms with Crippen LogP contribution in [0.15, 0.2) is 24.4 Å². The Morgan fingerprint density at radius 1 is 1.40 bits per heavy atom. The number of aromatic nitrogens is 1. The highest BCUT2D eigenvalue weighted by Gasteiger charge is 2.07. The fourth-order valence-electron chi connectivity index (χ4n) is 1.86. The van der Waals surface area contributed by atoms with Gasteiger partial charge in [-0.2, -0.15) is 0 Å². The molecule has 0 unspecified atom stereocenters. The fourth-order valence-corrected chi connectivity index (χ4v) is 1.86. The number of carboxylic acids is 1. The Labute approximate surface area is 87.9 Å². The highest BCUT2D eigenvalue weighted by atomic mass is 16.4. The number of carbonyl (C=O) groups is 1. The van der Waals surface area contributed by atoms with E-state index < -0.39 is 5.97 Å². The lowest BCUT2D eigenvalue weighted by Gasteiger charge is -2.01. The van der Waals surface area contributed by atoms with Crippen LogP contribution in [0.5, 0.6) is 0 Å². The summed E-state index contributed by atoms with van der Waals surface area (Å²) in [6.45, 7) is 4.02. The molecule has 0 fully saturated rings. The number of aliphatic carboxylic acids is 1. The molecule has 0 aliphatic carbocycles. The molecule has 2 aromatic rings. The molecule has 0 saturated carbocycles. The molecule has 78 valence electrons. The van der Waals surface area contributed by atoms with Crippen LogP contribution in [0, 0.1) is 13.8 Å². The second-order valence-corrected chi connectivity index (χ2v) is 3.85. The van der Waals surface area contributed by atoms with Crippen molar-refractivity contribution in [1.82, 2.24) is 4.57 Å². The van der Waals surface area contributed by atoms with Crippen LogP contribution >= 0.6 is 0 Å². The summed E-state index contributed by atoms with van der Waals surface area (Å²) in [7, 11) is 0. The van der Waals surface area contributed by atoms with Gasteiger partial charge in [0.2, 0.25) is 0 Å². The molecule has 1 heterocycles. The normalized spacial score (nSPS) is 10.8. The molecule has 0 aliphatic rings. The Morgan fingerprint density at radius 2 is 2.13 bits per heavy atom. The topological polar surface area (TPSA) is 42.2 Å². The highest BCUT2D eigenvalue weighted by Crippen LogP contribution is 2.21. The predicted molar refractivity (Wildman–Crippen MR) is 59.0 cm³/mol. The molecule has 15 heavy (non-hydrogen) atoms. The number of rotatable bonds is 2. The molecule has 0 bridgehead atoms. The van der Waals surface area contributed by atoms with E-state index in [1.165, 1.54) is 0 Å². The standard InChI is InChI=1S/C12H13NO2/c1-8-3-4-10-9(2)6-13(7-12(14)15)11(10)5-8/h3-6H,7H2,1-2H3,(H,14,15). The van der Waals surface area contributed by atoms with E-state index in [-0.39, 0.29) is 6.54 Å². The lowest BCUT2D eigenvalue weighted by Crippen LogP contribution is -2.07. The van der Waals surface area contributed by atoms with Crippen LogP contribution in [0.4, 0.5) is 0 Å². The minimum Gasteiger partial charge on any atom is -0.480 e. The van der Waals surface area contributed by atoms with Crippen molar-refractivity contribution in [1.29, 1.82) is 0 Å². The van der Waals surface area contributed by atoms with Crippen molar-refractivity contribution in [3.05, 3.63) is 35.5 Å². The smallest absolute Gasteiger partial charge is 0.323 e. The first-order chi connectivity index (χ1) is 7.08. The van der Waals surface area contributed by atoms with Gasteiger partial charge in [-0.25, -0.2) is 0 Å². The minimum atomic E-state index is -0.812. The van der Waals surface area contributed by atoms with Gasteiger partial charge >= 0.3 is 5.97 Å². The van der Waals surface area contributed by atoms with Crippen molar-refractivity contribution in [2.45, 2.75) is 20.4 Å². The molecule has 1 aromatic heterocycles. The molecule has 0 aliphatic heterocycles. The van der Waals surface area contributed by atoms with E-state index in [1.54, 1.807) is 4.57 Å². The van der Waals surface area contributed by atoms with Crippen LogP contribution in [0.25, 0.3) is 10.9 Å². The van der Waals surface area contributed by atoms with Crippen molar-refractivity contribution in [2.75, 3.05) is 0 Å². The van der Waals surface area contributed by atoms with Crippen molar-refractivity contribution in [3.63, 3.8) is 0 Å². The molecular formula is C12H13NO2. The van der Waals surface area contributed by atoms with Crippen molar-refractivity contribution >= 4 is 16.9 Å². The lowest BCUT2D eigenvalue weighted by molar-refractivity contribution is -0.137. The Hall–Kier alpha value is -1.77. The van der Waals surface area contributed by atoms with Crippen LogP contribution in [-0.2, 0) is 11.3 Å². The summed E-state index contributed by atoms with van der Waals surface area (Å²) < 4.78 is 1.78. The van der Waals surface area contributed by atoms with Crippen LogP contribution in [0.2, 0.25) is 0 Å². The van der Waals surface area contributed by atoms with E-state index in [9.17, 15) is 4.79 Å². The zero-order valence-electron chi connectivity index (χ0n) is 8.82. The zero-order chi connectivity index (χ0) is 11.0. The van der Waals surface area contributed by atoms with Gasteiger partial charge in [-0.3, -0.25) is 4.79 Å². The SMILES string of the molecule is Cc1ccc2c(C)cn(CC(=O)O)c2c1. The number of carboxylic acid groups (broad SMARTS) is 1. The van der Waals surface area contributed by atoms with Gasteiger partial charge < -0.3 is 9.67 Å². The zero-order valence-corrected chi connectivity index (χ0v) is 8.82. The summed E-state index contributed by atoms with van der Waals surface area (Å²) in [4.78, 5) is 10.7. The quantitative estimate of drug-likeness (QED) is 0.814. The van der Waals surface area contributed by atoms with Gasteiger partial charge in [0.05, 0.1) is 0 Å². The number of hydrogen-bond donors (Lipinski definition) is 1. The molecule has 1 N–H and O–H groups in total. The highest BCUT2D eigenvalue weighted by molar-refractivity contribution is 5.85. The third-order valence-corrected chi connectivity index (χ3v) is 2.54. The second kappa shape index (κ2) is 3.42. The molecule has 3 nitrogen and oxygen atoms in total. The van der Waals surface area contributed by atoms with E-state index in [0.29, 0.717) is 0 Å². The Kier molecular flexibility index (Phi) is 2.23. The monoisotopic (exact) mass is 203 g/mol. The van der Waals surface area contributed by atoms with Crippen LogP contribution in [-0.4, -0.2) is 15.6 Å². The van der Waals surface area contributed by atoms with E-state index in [0.717, 1.165) is 22.0 Å². The van der Waals surface area contributed by atoms with Crippen LogP contribution in [0.3, 0.4) is 0 Å². The molecular weight excluding hydrogens is 190 g/mol. The number of benzene rings is 1. The van der Waals surface area contributed by atoms with Gasteiger partial charge in [0.15, 0.2) is 0 Å². The molecule has 2 rings (SSSR count). The maximum absolute atomic E-state index is 10.7. The van der Waals surface area contributed by atoms with Crippen molar-refractivity contribution in [2.24, 2.45) is 0 Å². The Morgan fingerprint density at radius 3 is 2.80 bits per heavy atom. The number of aryl methyl sites for hydroxylation is 2. The summed E-state index contributed by atoms with van der Waals surface area (Å²) in [6.07, 6.45) is 1.89. The fraction of sp³-hybridized carbons (Fsp3) is 0.250. The molecule has 3 heteroatoms. The van der Waals surface area contributed by atoms with Gasteiger partial charge in [-0.05, 0) is 31.0 Å². The van der Waals surface area contributed by atoms with Gasteiger partial charge in [0.25, 0.3) is 0 Å². The van der Waals surface area contributed by atoms with Crippen LogP contribution < -0.4 is 0 Å². The van der Waals surface area contributed by atoms with Gasteiger partial charge in [0.1, 0.15) is 6.54 Å². The summed E-state index contributed by atoms with van der Waals surface area (Å²) in [5, 5.41) is 9.91. The van der Waals surface area contributed by atoms with E-state index in [2.05, 4.69) is 0 Å². The number of hydrogen-bond acceptors (Lipinski definition) is 1. The molecule has 0 amide bonds. The van der Waals surface area contributed by atoms with Crippen molar-refractivity contribution in [3.8, 4) is 0 Å². The summed E-state index contributed by atoms with van der Waals surface area (Å²) in [5.41, 5.74) is 3.26. The van der Waals surface area contributed by atoms with Crippen molar-refractivity contribution < 1.29 is 9.90 Å². The molecule has 1 aromatic carbocycles. The Balaban J connectivity index is 2.64. The van der Waals surface area contributed by atoms with Gasteiger partial charge in [-0.15, -0.1) is 0 Å².